The van der Waals surface area contributed by atoms with Crippen LogP contribution in [0.4, 0.5) is 4.79 Å². The molecule has 0 saturated heterocycles. The van der Waals surface area contributed by atoms with Crippen LogP contribution in [-0.4, -0.2) is 54.2 Å². The Hall–Kier alpha value is -1.83. The molecule has 0 aliphatic carbocycles. The van der Waals surface area contributed by atoms with E-state index in [0.29, 0.717) is 0 Å². The maximum absolute atomic E-state index is 11.3. The summed E-state index contributed by atoms with van der Waals surface area (Å²) in [6, 6.07) is -0.702. The summed E-state index contributed by atoms with van der Waals surface area (Å²) in [5.74, 6) is -1.51. The number of hydrogen-bond acceptors (Lipinski definition) is 4. The Morgan fingerprint density at radius 2 is 1.94 bits per heavy atom. The predicted octanol–water partition coefficient (Wildman–Crippen LogP) is -0.831. The van der Waals surface area contributed by atoms with E-state index in [-0.39, 0.29) is 18.5 Å². The van der Waals surface area contributed by atoms with Crippen LogP contribution in [0.5, 0.6) is 0 Å². The molecule has 0 bridgehead atoms. The maximum atomic E-state index is 11.3. The standard InChI is InChI=1S/C9H17N3O5/c1-6(2)10-7(13)4-12(3)9(16)11-17-5-8(14)15/h6H,4-5H2,1-3H3,(H,10,13)(H,11,16)(H,14,15). The van der Waals surface area contributed by atoms with Gasteiger partial charge < -0.3 is 15.3 Å². The first kappa shape index (κ1) is 15.2. The Labute approximate surface area is 98.9 Å². The number of hydroxylamine groups is 1. The van der Waals surface area contributed by atoms with Crippen molar-refractivity contribution in [2.75, 3.05) is 20.2 Å². The molecule has 0 spiro atoms. The minimum atomic E-state index is -1.20. The van der Waals surface area contributed by atoms with Crippen molar-refractivity contribution in [2.45, 2.75) is 19.9 Å². The zero-order valence-corrected chi connectivity index (χ0v) is 10.0. The lowest BCUT2D eigenvalue weighted by Crippen LogP contribution is -2.45. The van der Waals surface area contributed by atoms with E-state index in [1.165, 1.54) is 7.05 Å². The highest BCUT2D eigenvalue weighted by molar-refractivity contribution is 5.83. The molecule has 0 aliphatic rings. The van der Waals surface area contributed by atoms with E-state index in [0.717, 1.165) is 4.90 Å². The predicted molar refractivity (Wildman–Crippen MR) is 58.0 cm³/mol. The van der Waals surface area contributed by atoms with E-state index >= 15 is 0 Å². The molecule has 0 radical (unpaired) electrons. The first-order chi connectivity index (χ1) is 7.82. The number of carboxylic acid groups (broad SMARTS) is 1. The second-order valence-electron chi connectivity index (χ2n) is 3.67. The van der Waals surface area contributed by atoms with Crippen molar-refractivity contribution < 1.29 is 24.3 Å². The second kappa shape index (κ2) is 7.44. The van der Waals surface area contributed by atoms with Crippen LogP contribution in [0.15, 0.2) is 0 Å². The lowest BCUT2D eigenvalue weighted by Gasteiger charge is -2.17. The van der Waals surface area contributed by atoms with E-state index in [1.54, 1.807) is 13.8 Å². The summed E-state index contributed by atoms with van der Waals surface area (Å²) in [4.78, 5) is 38.1. The molecule has 3 amide bonds. The van der Waals surface area contributed by atoms with Gasteiger partial charge in [-0.15, -0.1) is 0 Å². The van der Waals surface area contributed by atoms with Gasteiger partial charge in [0.05, 0.1) is 0 Å². The van der Waals surface area contributed by atoms with Crippen molar-refractivity contribution in [1.82, 2.24) is 15.7 Å². The fourth-order valence-corrected chi connectivity index (χ4v) is 0.892. The second-order valence-corrected chi connectivity index (χ2v) is 3.67. The Bertz CT molecular complexity index is 292. The number of likely N-dealkylation sites (N-methyl/N-ethyl adjacent to an activating group) is 1. The van der Waals surface area contributed by atoms with Crippen LogP contribution in [0.2, 0.25) is 0 Å². The zero-order valence-electron chi connectivity index (χ0n) is 10.0. The van der Waals surface area contributed by atoms with Gasteiger partial charge in [-0.2, -0.15) is 0 Å². The highest BCUT2D eigenvalue weighted by atomic mass is 16.7. The summed E-state index contributed by atoms with van der Waals surface area (Å²) in [7, 11) is 1.39. The molecule has 3 N–H and O–H groups in total. The van der Waals surface area contributed by atoms with Gasteiger partial charge in [0, 0.05) is 13.1 Å². The van der Waals surface area contributed by atoms with Crippen molar-refractivity contribution in [3.63, 3.8) is 0 Å². The number of hydrogen-bond donors (Lipinski definition) is 3. The number of rotatable bonds is 6. The Morgan fingerprint density at radius 3 is 2.41 bits per heavy atom. The number of nitrogens with one attached hydrogen (secondary N) is 2. The van der Waals surface area contributed by atoms with Gasteiger partial charge in [0.1, 0.15) is 6.54 Å². The van der Waals surface area contributed by atoms with Crippen LogP contribution in [0.3, 0.4) is 0 Å². The quantitative estimate of drug-likeness (QED) is 0.531. The lowest BCUT2D eigenvalue weighted by molar-refractivity contribution is -0.144. The maximum Gasteiger partial charge on any atom is 0.341 e. The van der Waals surface area contributed by atoms with Gasteiger partial charge in [-0.1, -0.05) is 0 Å². The first-order valence-electron chi connectivity index (χ1n) is 4.97. The molecule has 0 aromatic carbocycles. The van der Waals surface area contributed by atoms with Crippen molar-refractivity contribution >= 4 is 17.9 Å². The van der Waals surface area contributed by atoms with E-state index in [4.69, 9.17) is 5.11 Å². The summed E-state index contributed by atoms with van der Waals surface area (Å²) in [5, 5.41) is 10.9. The van der Waals surface area contributed by atoms with Crippen LogP contribution in [0.25, 0.3) is 0 Å². The van der Waals surface area contributed by atoms with Crippen LogP contribution in [0.1, 0.15) is 13.8 Å². The normalized spacial score (nSPS) is 9.88. The minimum Gasteiger partial charge on any atom is -0.479 e. The third-order valence-electron chi connectivity index (χ3n) is 1.53. The fourth-order valence-electron chi connectivity index (χ4n) is 0.892. The molecule has 17 heavy (non-hydrogen) atoms. The summed E-state index contributed by atoms with van der Waals surface area (Å²) >= 11 is 0. The molecule has 8 heteroatoms. The van der Waals surface area contributed by atoms with Crippen molar-refractivity contribution in [3.8, 4) is 0 Å². The molecule has 0 aromatic rings. The Morgan fingerprint density at radius 1 is 1.35 bits per heavy atom. The molecule has 0 heterocycles. The number of nitrogens with zero attached hydrogens (tertiary/aromatic N) is 1. The SMILES string of the molecule is CC(C)NC(=O)CN(C)C(=O)NOCC(=O)O. The summed E-state index contributed by atoms with van der Waals surface area (Å²) in [5.41, 5.74) is 1.90. The van der Waals surface area contributed by atoms with Gasteiger partial charge >= 0.3 is 12.0 Å². The molecule has 0 aliphatic heterocycles. The van der Waals surface area contributed by atoms with E-state index in [1.807, 2.05) is 5.48 Å². The number of amides is 3. The van der Waals surface area contributed by atoms with Crippen molar-refractivity contribution in [2.24, 2.45) is 0 Å². The van der Waals surface area contributed by atoms with Gasteiger partial charge in [-0.25, -0.2) is 15.1 Å². The number of carbonyl (C=O) groups excluding carboxylic acids is 2. The Kier molecular flexibility index (Phi) is 6.64. The van der Waals surface area contributed by atoms with Gasteiger partial charge in [-0.3, -0.25) is 9.63 Å². The molecule has 8 nitrogen and oxygen atoms in total. The monoisotopic (exact) mass is 247 g/mol. The van der Waals surface area contributed by atoms with Gasteiger partial charge in [0.15, 0.2) is 6.61 Å². The highest BCUT2D eigenvalue weighted by Gasteiger charge is 2.13. The summed E-state index contributed by atoms with van der Waals surface area (Å²) in [6.45, 7) is 2.82. The minimum absolute atomic E-state index is 0.0118. The van der Waals surface area contributed by atoms with Crippen LogP contribution in [0, 0.1) is 0 Å². The largest absolute Gasteiger partial charge is 0.479 e. The molecular weight excluding hydrogens is 230 g/mol. The summed E-state index contributed by atoms with van der Waals surface area (Å²) < 4.78 is 0. The first-order valence-corrected chi connectivity index (χ1v) is 4.97. The third-order valence-corrected chi connectivity index (χ3v) is 1.53. The zero-order chi connectivity index (χ0) is 13.4. The molecule has 98 valence electrons. The number of aliphatic carboxylic acids is 1. The lowest BCUT2D eigenvalue weighted by atomic mass is 10.4. The molecule has 0 fully saturated rings. The third kappa shape index (κ3) is 8.03. The van der Waals surface area contributed by atoms with Gasteiger partial charge in [0.25, 0.3) is 0 Å². The topological polar surface area (TPSA) is 108 Å². The van der Waals surface area contributed by atoms with Gasteiger partial charge in [0.2, 0.25) is 5.91 Å². The molecule has 0 unspecified atom stereocenters. The van der Waals surface area contributed by atoms with Gasteiger partial charge in [-0.05, 0) is 13.8 Å². The fraction of sp³-hybridized carbons (Fsp3) is 0.667. The average molecular weight is 247 g/mol. The van der Waals surface area contributed by atoms with Crippen molar-refractivity contribution in [1.29, 1.82) is 0 Å². The molecule has 0 atom stereocenters. The van der Waals surface area contributed by atoms with Crippen LogP contribution < -0.4 is 10.8 Å². The molecule has 0 rings (SSSR count). The van der Waals surface area contributed by atoms with E-state index < -0.39 is 18.6 Å². The number of carbonyl (C=O) groups is 3. The van der Waals surface area contributed by atoms with Crippen molar-refractivity contribution in [3.05, 3.63) is 0 Å². The Balaban J connectivity index is 3.88. The molecule has 0 aromatic heterocycles. The molecule has 0 saturated carbocycles. The summed E-state index contributed by atoms with van der Waals surface area (Å²) in [6.07, 6.45) is 0. The average Bonchev–Trinajstić information content (AvgIpc) is 2.15. The molecular formula is C9H17N3O5. The van der Waals surface area contributed by atoms with Crippen LogP contribution in [-0.2, 0) is 14.4 Å². The highest BCUT2D eigenvalue weighted by Crippen LogP contribution is 1.86. The number of carboxylic acids is 1. The van der Waals surface area contributed by atoms with Crippen LogP contribution >= 0.6 is 0 Å². The smallest absolute Gasteiger partial charge is 0.341 e. The van der Waals surface area contributed by atoms with E-state index in [9.17, 15) is 14.4 Å². The van der Waals surface area contributed by atoms with E-state index in [2.05, 4.69) is 10.2 Å². The number of urea groups is 1.